The van der Waals surface area contributed by atoms with Gasteiger partial charge in [0.2, 0.25) is 0 Å². The van der Waals surface area contributed by atoms with Gasteiger partial charge in [-0.25, -0.2) is 0 Å². The number of anilines is 1. The van der Waals surface area contributed by atoms with Crippen molar-refractivity contribution < 1.29 is 4.42 Å². The number of hydrogen-bond acceptors (Lipinski definition) is 3. The summed E-state index contributed by atoms with van der Waals surface area (Å²) in [6.07, 6.45) is 0. The van der Waals surface area contributed by atoms with Crippen molar-refractivity contribution in [3.8, 4) is 22.5 Å². The molecule has 0 bridgehead atoms. The molecular weight excluding hydrogens is 341 g/mol. The van der Waals surface area contributed by atoms with Crippen LogP contribution in [-0.2, 0) is 0 Å². The smallest absolute Gasteiger partial charge is 0.182 e. The van der Waals surface area contributed by atoms with Crippen LogP contribution in [0.4, 0.5) is 5.69 Å². The van der Waals surface area contributed by atoms with Crippen LogP contribution in [0.2, 0.25) is 0 Å². The zero-order valence-electron chi connectivity index (χ0n) is 15.0. The Labute approximate surface area is 154 Å². The molecule has 0 aromatic heterocycles. The third kappa shape index (κ3) is 2.69. The highest BCUT2D eigenvalue weighted by Gasteiger charge is 2.19. The molecule has 1 aliphatic carbocycles. The SMILES string of the molecule is Cc1ccccc1-c1c2ccc(=O)cc-2oc2cc(N(C)C)c(P)cc12. The largest absolute Gasteiger partial charge is 0.456 e. The van der Waals surface area contributed by atoms with Crippen LogP contribution in [0.5, 0.6) is 0 Å². The number of benzene rings is 3. The zero-order valence-corrected chi connectivity index (χ0v) is 16.2. The molecule has 2 aromatic rings. The standard InChI is InChI=1S/C22H20NO2P/c1-13-6-4-5-7-15(13)22-16-9-8-14(24)10-19(16)25-20-12-18(23(2)3)21(26)11-17(20)22/h4-12H,26H2,1-3H3. The lowest BCUT2D eigenvalue weighted by atomic mass is 9.91. The number of fused-ring (bicyclic) bond motifs is 2. The Morgan fingerprint density at radius 3 is 2.46 bits per heavy atom. The van der Waals surface area contributed by atoms with Crippen LogP contribution in [0.15, 0.2) is 63.8 Å². The van der Waals surface area contributed by atoms with E-state index in [0.717, 1.165) is 38.7 Å². The fraction of sp³-hybridized carbons (Fsp3) is 0.136. The van der Waals surface area contributed by atoms with Crippen molar-refractivity contribution in [2.45, 2.75) is 6.92 Å². The fourth-order valence-corrected chi connectivity index (χ4v) is 3.96. The predicted octanol–water partition coefficient (Wildman–Crippen LogP) is 4.44. The molecule has 130 valence electrons. The molecule has 0 saturated heterocycles. The number of nitrogens with zero attached hydrogens (tertiary/aromatic N) is 1. The monoisotopic (exact) mass is 361 g/mol. The van der Waals surface area contributed by atoms with E-state index < -0.39 is 0 Å². The van der Waals surface area contributed by atoms with Crippen molar-refractivity contribution in [3.63, 3.8) is 0 Å². The van der Waals surface area contributed by atoms with Gasteiger partial charge in [-0.15, -0.1) is 9.24 Å². The van der Waals surface area contributed by atoms with Gasteiger partial charge in [-0.05, 0) is 41.6 Å². The van der Waals surface area contributed by atoms with Gasteiger partial charge in [-0.3, -0.25) is 4.79 Å². The molecule has 3 nitrogen and oxygen atoms in total. The van der Waals surface area contributed by atoms with Crippen molar-refractivity contribution in [1.82, 2.24) is 0 Å². The quantitative estimate of drug-likeness (QED) is 0.391. The highest BCUT2D eigenvalue weighted by atomic mass is 31.0. The molecule has 1 aliphatic heterocycles. The van der Waals surface area contributed by atoms with Gasteiger partial charge in [-0.1, -0.05) is 24.3 Å². The molecule has 1 heterocycles. The maximum absolute atomic E-state index is 11.9. The predicted molar refractivity (Wildman–Crippen MR) is 113 cm³/mol. The Morgan fingerprint density at radius 1 is 0.962 bits per heavy atom. The molecule has 0 saturated carbocycles. The van der Waals surface area contributed by atoms with Crippen LogP contribution in [-0.4, -0.2) is 14.1 Å². The molecule has 4 heteroatoms. The van der Waals surface area contributed by atoms with E-state index in [-0.39, 0.29) is 5.43 Å². The number of hydrogen-bond donors (Lipinski definition) is 0. The van der Waals surface area contributed by atoms with E-state index in [4.69, 9.17) is 4.42 Å². The summed E-state index contributed by atoms with van der Waals surface area (Å²) in [7, 11) is 6.83. The van der Waals surface area contributed by atoms with Gasteiger partial charge >= 0.3 is 0 Å². The lowest BCUT2D eigenvalue weighted by Crippen LogP contribution is -2.15. The first kappa shape index (κ1) is 16.8. The molecule has 0 N–H and O–H groups in total. The first-order chi connectivity index (χ1) is 12.5. The second-order valence-corrected chi connectivity index (χ2v) is 7.37. The van der Waals surface area contributed by atoms with Crippen molar-refractivity contribution >= 4 is 31.2 Å². The summed E-state index contributed by atoms with van der Waals surface area (Å²) in [5.74, 6) is 0.615. The molecule has 26 heavy (non-hydrogen) atoms. The topological polar surface area (TPSA) is 33.5 Å². The van der Waals surface area contributed by atoms with E-state index in [0.29, 0.717) is 5.76 Å². The van der Waals surface area contributed by atoms with Gasteiger partial charge in [0.1, 0.15) is 11.3 Å². The lowest BCUT2D eigenvalue weighted by molar-refractivity contribution is 0.619. The van der Waals surface area contributed by atoms with Gasteiger partial charge in [0.15, 0.2) is 5.43 Å². The molecule has 0 spiro atoms. The Balaban J connectivity index is 2.21. The average molecular weight is 361 g/mol. The molecule has 0 amide bonds. The lowest BCUT2D eigenvalue weighted by Gasteiger charge is -2.20. The minimum atomic E-state index is -0.0492. The van der Waals surface area contributed by atoms with Crippen LogP contribution in [0, 0.1) is 6.92 Å². The number of rotatable bonds is 2. The first-order valence-electron chi connectivity index (χ1n) is 8.49. The maximum atomic E-state index is 11.9. The van der Waals surface area contributed by atoms with Crippen molar-refractivity contribution in [2.75, 3.05) is 19.0 Å². The van der Waals surface area contributed by atoms with E-state index in [2.05, 4.69) is 39.3 Å². The van der Waals surface area contributed by atoms with E-state index >= 15 is 0 Å². The summed E-state index contributed by atoms with van der Waals surface area (Å²) in [5.41, 5.74) is 6.19. The van der Waals surface area contributed by atoms with Crippen LogP contribution >= 0.6 is 9.24 Å². The molecule has 1 atom stereocenters. The molecule has 2 aromatic carbocycles. The highest BCUT2D eigenvalue weighted by Crippen LogP contribution is 2.41. The first-order valence-corrected chi connectivity index (χ1v) is 9.07. The molecule has 0 radical (unpaired) electrons. The summed E-state index contributed by atoms with van der Waals surface area (Å²) in [6, 6.07) is 17.5. The zero-order chi connectivity index (χ0) is 18.4. The highest BCUT2D eigenvalue weighted by molar-refractivity contribution is 7.28. The van der Waals surface area contributed by atoms with Crippen molar-refractivity contribution in [1.29, 1.82) is 0 Å². The summed E-state index contributed by atoms with van der Waals surface area (Å²) < 4.78 is 6.14. The Morgan fingerprint density at radius 2 is 1.73 bits per heavy atom. The van der Waals surface area contributed by atoms with Crippen LogP contribution in [0.3, 0.4) is 0 Å². The Bertz CT molecular complexity index is 1160. The minimum Gasteiger partial charge on any atom is -0.456 e. The van der Waals surface area contributed by atoms with Crippen molar-refractivity contribution in [3.05, 3.63) is 70.4 Å². The van der Waals surface area contributed by atoms with E-state index in [9.17, 15) is 4.79 Å². The van der Waals surface area contributed by atoms with Crippen molar-refractivity contribution in [2.24, 2.45) is 0 Å². The van der Waals surface area contributed by atoms with Gasteiger partial charge < -0.3 is 9.32 Å². The average Bonchev–Trinajstić information content (AvgIpc) is 2.60. The van der Waals surface area contributed by atoms with E-state index in [1.54, 1.807) is 12.1 Å². The Kier molecular flexibility index (Phi) is 4.05. The fourth-order valence-electron chi connectivity index (χ4n) is 3.45. The van der Waals surface area contributed by atoms with Gasteiger partial charge in [-0.2, -0.15) is 0 Å². The third-order valence-electron chi connectivity index (χ3n) is 4.74. The Hall–Kier alpha value is -2.64. The summed E-state index contributed by atoms with van der Waals surface area (Å²) in [4.78, 5) is 13.9. The summed E-state index contributed by atoms with van der Waals surface area (Å²) in [5, 5.41) is 2.15. The molecule has 4 rings (SSSR count). The van der Waals surface area contributed by atoms with Gasteiger partial charge in [0.25, 0.3) is 0 Å². The van der Waals surface area contributed by atoms with Gasteiger partial charge in [0, 0.05) is 48.4 Å². The maximum Gasteiger partial charge on any atom is 0.182 e. The molecule has 1 unspecified atom stereocenters. The normalized spacial score (nSPS) is 11.2. The summed E-state index contributed by atoms with van der Waals surface area (Å²) >= 11 is 0. The van der Waals surface area contributed by atoms with E-state index in [1.165, 1.54) is 5.56 Å². The van der Waals surface area contributed by atoms with Crippen LogP contribution < -0.4 is 15.6 Å². The summed E-state index contributed by atoms with van der Waals surface area (Å²) in [6.45, 7) is 2.11. The molecule has 0 fully saturated rings. The van der Waals surface area contributed by atoms with Crippen LogP contribution in [0.25, 0.3) is 33.4 Å². The second-order valence-electron chi connectivity index (χ2n) is 6.75. The molecule has 2 aliphatic rings. The van der Waals surface area contributed by atoms with Crippen LogP contribution in [0.1, 0.15) is 5.56 Å². The second kappa shape index (κ2) is 6.26. The number of aryl methyl sites for hydroxylation is 1. The van der Waals surface area contributed by atoms with E-state index in [1.807, 2.05) is 38.4 Å². The minimum absolute atomic E-state index is 0.0492. The third-order valence-corrected chi connectivity index (χ3v) is 5.20. The van der Waals surface area contributed by atoms with Gasteiger partial charge in [0.05, 0.1) is 0 Å². The molecular formula is C22H20NO2P.